The molecule has 0 saturated carbocycles. The van der Waals surface area contributed by atoms with Gasteiger partial charge in [0.2, 0.25) is 0 Å². The van der Waals surface area contributed by atoms with Crippen molar-refractivity contribution in [1.82, 2.24) is 10.6 Å². The summed E-state index contributed by atoms with van der Waals surface area (Å²) in [6, 6.07) is 13.5. The zero-order chi connectivity index (χ0) is 18.9. The lowest BCUT2D eigenvalue weighted by Crippen LogP contribution is -2.35. The normalized spacial score (nSPS) is 10.1. The number of rotatable bonds is 6. The summed E-state index contributed by atoms with van der Waals surface area (Å²) in [6.45, 7) is 2.67. The van der Waals surface area contributed by atoms with Crippen LogP contribution in [0.15, 0.2) is 48.5 Å². The van der Waals surface area contributed by atoms with Crippen molar-refractivity contribution in [3.63, 3.8) is 0 Å². The van der Waals surface area contributed by atoms with E-state index in [1.54, 1.807) is 48.5 Å². The zero-order valence-electron chi connectivity index (χ0n) is 14.3. The van der Waals surface area contributed by atoms with E-state index in [2.05, 4.69) is 22.9 Å². The molecular weight excluding hydrogens is 370 g/mol. The number of carbonyl (C=O) groups is 2. The van der Waals surface area contributed by atoms with Crippen LogP contribution >= 0.6 is 23.8 Å². The van der Waals surface area contributed by atoms with Crippen molar-refractivity contribution in [2.75, 3.05) is 11.9 Å². The number of amides is 2. The first-order valence-corrected chi connectivity index (χ1v) is 9.05. The van der Waals surface area contributed by atoms with Crippen LogP contribution in [0.5, 0.6) is 0 Å². The second-order valence-electron chi connectivity index (χ2n) is 5.57. The predicted octanol–water partition coefficient (Wildman–Crippen LogP) is 4.00. The maximum absolute atomic E-state index is 12.3. The van der Waals surface area contributed by atoms with E-state index in [9.17, 15) is 9.59 Å². The Labute approximate surface area is 163 Å². The molecule has 0 fully saturated rings. The summed E-state index contributed by atoms with van der Waals surface area (Å²) >= 11 is 11.0. The van der Waals surface area contributed by atoms with Crippen LogP contribution in [0.1, 0.15) is 40.5 Å². The molecule has 2 aromatic carbocycles. The van der Waals surface area contributed by atoms with Gasteiger partial charge in [-0.3, -0.25) is 14.9 Å². The Kier molecular flexibility index (Phi) is 7.56. The Balaban J connectivity index is 2.01. The lowest BCUT2D eigenvalue weighted by molar-refractivity contribution is 0.0952. The average Bonchev–Trinajstić information content (AvgIpc) is 2.62. The van der Waals surface area contributed by atoms with Crippen molar-refractivity contribution < 1.29 is 9.59 Å². The third-order valence-corrected chi connectivity index (χ3v) is 4.03. The minimum Gasteiger partial charge on any atom is -0.352 e. The number of hydrogen-bond acceptors (Lipinski definition) is 3. The minimum absolute atomic E-state index is 0.110. The first kappa shape index (κ1) is 19.9. The number of benzene rings is 2. The fraction of sp³-hybridized carbons (Fsp3) is 0.211. The molecule has 0 spiro atoms. The number of thiocarbonyl (C=S) groups is 1. The van der Waals surface area contributed by atoms with Crippen LogP contribution in [0.3, 0.4) is 0 Å². The molecule has 2 amide bonds. The van der Waals surface area contributed by atoms with Gasteiger partial charge in [-0.15, -0.1) is 0 Å². The Bertz CT molecular complexity index is 794. The SMILES string of the molecule is CCCCNC(=O)c1ccccc1NC(=S)NC(=O)c1ccc(Cl)cc1. The molecule has 2 rings (SSSR count). The van der Waals surface area contributed by atoms with Crippen LogP contribution < -0.4 is 16.0 Å². The van der Waals surface area contributed by atoms with Gasteiger partial charge in [0.1, 0.15) is 0 Å². The third-order valence-electron chi connectivity index (χ3n) is 3.57. The van der Waals surface area contributed by atoms with Gasteiger partial charge in [-0.1, -0.05) is 37.1 Å². The second kappa shape index (κ2) is 9.89. The first-order chi connectivity index (χ1) is 12.5. The first-order valence-electron chi connectivity index (χ1n) is 8.26. The van der Waals surface area contributed by atoms with Crippen molar-refractivity contribution >= 4 is 46.4 Å². The van der Waals surface area contributed by atoms with E-state index in [1.807, 2.05) is 0 Å². The fourth-order valence-corrected chi connectivity index (χ4v) is 2.52. The van der Waals surface area contributed by atoms with Crippen molar-refractivity contribution in [3.05, 3.63) is 64.7 Å². The Hall–Kier alpha value is -2.44. The van der Waals surface area contributed by atoms with Gasteiger partial charge in [-0.05, 0) is 55.0 Å². The molecule has 0 heterocycles. The molecule has 7 heteroatoms. The summed E-state index contributed by atoms with van der Waals surface area (Å²) in [5.74, 6) is -0.544. The van der Waals surface area contributed by atoms with Crippen LogP contribution in [0.25, 0.3) is 0 Å². The largest absolute Gasteiger partial charge is 0.352 e. The van der Waals surface area contributed by atoms with Crippen LogP contribution in [0.2, 0.25) is 5.02 Å². The molecule has 0 aromatic heterocycles. The monoisotopic (exact) mass is 389 g/mol. The standard InChI is InChI=1S/C19H20ClN3O2S/c1-2-3-12-21-18(25)15-6-4-5-7-16(15)22-19(26)23-17(24)13-8-10-14(20)11-9-13/h4-11H,2-3,12H2,1H3,(H,21,25)(H2,22,23,24,26). The number of hydrogen-bond donors (Lipinski definition) is 3. The molecule has 0 aliphatic rings. The lowest BCUT2D eigenvalue weighted by Gasteiger charge is -2.13. The molecule has 0 bridgehead atoms. The van der Waals surface area contributed by atoms with E-state index in [4.69, 9.17) is 23.8 Å². The molecule has 0 aliphatic carbocycles. The lowest BCUT2D eigenvalue weighted by atomic mass is 10.1. The zero-order valence-corrected chi connectivity index (χ0v) is 15.9. The highest BCUT2D eigenvalue weighted by Gasteiger charge is 2.13. The fourth-order valence-electron chi connectivity index (χ4n) is 2.19. The maximum Gasteiger partial charge on any atom is 0.257 e. The average molecular weight is 390 g/mol. The summed E-state index contributed by atoms with van der Waals surface area (Å²) < 4.78 is 0. The number of nitrogens with one attached hydrogen (secondary N) is 3. The number of unbranched alkanes of at least 4 members (excludes halogenated alkanes) is 1. The number of para-hydroxylation sites is 1. The second-order valence-corrected chi connectivity index (χ2v) is 6.41. The van der Waals surface area contributed by atoms with Gasteiger partial charge in [0.05, 0.1) is 11.3 Å². The maximum atomic E-state index is 12.3. The molecule has 2 aromatic rings. The van der Waals surface area contributed by atoms with Gasteiger partial charge in [0.25, 0.3) is 11.8 Å². The summed E-state index contributed by atoms with van der Waals surface area (Å²) in [5.41, 5.74) is 1.43. The molecule has 136 valence electrons. The third kappa shape index (κ3) is 5.82. The van der Waals surface area contributed by atoms with Crippen molar-refractivity contribution in [1.29, 1.82) is 0 Å². The highest BCUT2D eigenvalue weighted by Crippen LogP contribution is 2.15. The van der Waals surface area contributed by atoms with Crippen LogP contribution in [0, 0.1) is 0 Å². The smallest absolute Gasteiger partial charge is 0.257 e. The Morgan fingerprint density at radius 1 is 1.04 bits per heavy atom. The van der Waals surface area contributed by atoms with Gasteiger partial charge < -0.3 is 10.6 Å². The van der Waals surface area contributed by atoms with Gasteiger partial charge >= 0.3 is 0 Å². The molecule has 26 heavy (non-hydrogen) atoms. The van der Waals surface area contributed by atoms with Crippen molar-refractivity contribution in [3.8, 4) is 0 Å². The van der Waals surface area contributed by atoms with E-state index < -0.39 is 0 Å². The van der Waals surface area contributed by atoms with Crippen molar-refractivity contribution in [2.45, 2.75) is 19.8 Å². The van der Waals surface area contributed by atoms with E-state index in [1.165, 1.54) is 0 Å². The molecule has 0 radical (unpaired) electrons. The minimum atomic E-state index is -0.357. The van der Waals surface area contributed by atoms with Crippen molar-refractivity contribution in [2.24, 2.45) is 0 Å². The Morgan fingerprint density at radius 3 is 2.42 bits per heavy atom. The molecule has 0 atom stereocenters. The Morgan fingerprint density at radius 2 is 1.73 bits per heavy atom. The topological polar surface area (TPSA) is 70.2 Å². The summed E-state index contributed by atoms with van der Waals surface area (Å²) in [5, 5.41) is 9.02. The van der Waals surface area contributed by atoms with Gasteiger partial charge in [0.15, 0.2) is 5.11 Å². The molecule has 0 saturated heterocycles. The van der Waals surface area contributed by atoms with Gasteiger partial charge in [-0.2, -0.15) is 0 Å². The van der Waals surface area contributed by atoms with Crippen LogP contribution in [-0.2, 0) is 0 Å². The highest BCUT2D eigenvalue weighted by molar-refractivity contribution is 7.80. The molecule has 3 N–H and O–H groups in total. The van der Waals surface area contributed by atoms with E-state index in [0.717, 1.165) is 12.8 Å². The van der Waals surface area contributed by atoms with Gasteiger partial charge in [0, 0.05) is 17.1 Å². The van der Waals surface area contributed by atoms with Crippen LogP contribution in [-0.4, -0.2) is 23.5 Å². The number of carbonyl (C=O) groups excluding carboxylic acids is 2. The summed E-state index contributed by atoms with van der Waals surface area (Å²) in [6.07, 6.45) is 1.91. The quantitative estimate of drug-likeness (QED) is 0.516. The van der Waals surface area contributed by atoms with E-state index >= 15 is 0 Å². The summed E-state index contributed by atoms with van der Waals surface area (Å²) in [7, 11) is 0. The highest BCUT2D eigenvalue weighted by atomic mass is 35.5. The van der Waals surface area contributed by atoms with Gasteiger partial charge in [-0.25, -0.2) is 0 Å². The van der Waals surface area contributed by atoms with Crippen LogP contribution in [0.4, 0.5) is 5.69 Å². The molecule has 5 nitrogen and oxygen atoms in total. The number of anilines is 1. The molecule has 0 aliphatic heterocycles. The predicted molar refractivity (Wildman–Crippen MR) is 109 cm³/mol. The van der Waals surface area contributed by atoms with E-state index in [0.29, 0.717) is 28.4 Å². The summed E-state index contributed by atoms with van der Waals surface area (Å²) in [4.78, 5) is 24.5. The molecular formula is C19H20ClN3O2S. The van der Waals surface area contributed by atoms with E-state index in [-0.39, 0.29) is 16.9 Å². The number of halogens is 1. The molecule has 0 unspecified atom stereocenters.